The maximum Gasteiger partial charge on any atom is 0.130 e. The summed E-state index contributed by atoms with van der Waals surface area (Å²) in [7, 11) is 0. The van der Waals surface area contributed by atoms with Crippen molar-refractivity contribution in [3.8, 4) is 0 Å². The fourth-order valence-corrected chi connectivity index (χ4v) is 1.47. The Labute approximate surface area is 98.2 Å². The van der Waals surface area contributed by atoms with Gasteiger partial charge in [0.1, 0.15) is 18.1 Å². The summed E-state index contributed by atoms with van der Waals surface area (Å²) >= 11 is 0. The Morgan fingerprint density at radius 3 is 2.81 bits per heavy atom. The fourth-order valence-electron chi connectivity index (χ4n) is 1.47. The Morgan fingerprint density at radius 1 is 1.44 bits per heavy atom. The third kappa shape index (κ3) is 4.37. The van der Waals surface area contributed by atoms with Crippen LogP contribution in [0.15, 0.2) is 10.5 Å². The van der Waals surface area contributed by atoms with E-state index in [2.05, 4.69) is 32.2 Å². The van der Waals surface area contributed by atoms with Crippen LogP contribution in [0.4, 0.5) is 0 Å². The van der Waals surface area contributed by atoms with Crippen molar-refractivity contribution in [1.29, 1.82) is 0 Å². The first-order chi connectivity index (χ1) is 7.63. The van der Waals surface area contributed by atoms with Crippen LogP contribution in [-0.4, -0.2) is 12.6 Å². The molecule has 1 aromatic heterocycles. The van der Waals surface area contributed by atoms with Gasteiger partial charge in [-0.05, 0) is 19.4 Å². The van der Waals surface area contributed by atoms with E-state index in [0.717, 1.165) is 31.1 Å². The van der Waals surface area contributed by atoms with Crippen LogP contribution in [0.1, 0.15) is 44.3 Å². The molecule has 0 atom stereocenters. The highest BCUT2D eigenvalue weighted by molar-refractivity contribution is 5.20. The highest BCUT2D eigenvalue weighted by Gasteiger charge is 2.07. The second kappa shape index (κ2) is 6.71. The highest BCUT2D eigenvalue weighted by atomic mass is 16.5. The molecule has 0 spiro atoms. The topological polar surface area (TPSA) is 34.4 Å². The number of hydrogen-bond acceptors (Lipinski definition) is 3. The van der Waals surface area contributed by atoms with Crippen molar-refractivity contribution in [3.63, 3.8) is 0 Å². The van der Waals surface area contributed by atoms with Gasteiger partial charge in [0.15, 0.2) is 0 Å². The van der Waals surface area contributed by atoms with E-state index in [1.165, 1.54) is 5.56 Å². The summed E-state index contributed by atoms with van der Waals surface area (Å²) in [6, 6.07) is 2.58. The highest BCUT2D eigenvalue weighted by Crippen LogP contribution is 2.15. The Balaban J connectivity index is 2.46. The Hall–Kier alpha value is -0.800. The van der Waals surface area contributed by atoms with Gasteiger partial charge in [-0.25, -0.2) is 0 Å². The van der Waals surface area contributed by atoms with E-state index in [9.17, 15) is 0 Å². The van der Waals surface area contributed by atoms with Crippen molar-refractivity contribution >= 4 is 0 Å². The fraction of sp³-hybridized carbons (Fsp3) is 0.692. The number of nitrogens with one attached hydrogen (secondary N) is 1. The van der Waals surface area contributed by atoms with Gasteiger partial charge in [0.2, 0.25) is 0 Å². The summed E-state index contributed by atoms with van der Waals surface area (Å²) < 4.78 is 11.1. The van der Waals surface area contributed by atoms with Gasteiger partial charge in [0.25, 0.3) is 0 Å². The largest absolute Gasteiger partial charge is 0.464 e. The predicted molar refractivity (Wildman–Crippen MR) is 65.4 cm³/mol. The summed E-state index contributed by atoms with van der Waals surface area (Å²) in [4.78, 5) is 0. The van der Waals surface area contributed by atoms with Gasteiger partial charge in [-0.1, -0.05) is 20.8 Å². The van der Waals surface area contributed by atoms with Crippen molar-refractivity contribution in [2.45, 2.75) is 53.3 Å². The molecular weight excluding hydrogens is 202 g/mol. The predicted octanol–water partition coefficient (Wildman–Crippen LogP) is 3.01. The lowest BCUT2D eigenvalue weighted by atomic mass is 10.2. The molecule has 3 heteroatoms. The molecule has 0 bridgehead atoms. The third-order valence-corrected chi connectivity index (χ3v) is 2.37. The van der Waals surface area contributed by atoms with Crippen molar-refractivity contribution in [1.82, 2.24) is 5.32 Å². The van der Waals surface area contributed by atoms with Gasteiger partial charge in [0.05, 0.1) is 0 Å². The molecule has 0 saturated heterocycles. The SMILES string of the molecule is CCCOCc1cc(CNC(C)C)c(C)o1. The lowest BCUT2D eigenvalue weighted by molar-refractivity contribution is 0.106. The molecule has 16 heavy (non-hydrogen) atoms. The van der Waals surface area contributed by atoms with E-state index in [1.807, 2.05) is 6.92 Å². The summed E-state index contributed by atoms with van der Waals surface area (Å²) in [6.45, 7) is 10.6. The number of hydrogen-bond donors (Lipinski definition) is 1. The zero-order valence-corrected chi connectivity index (χ0v) is 10.8. The lowest BCUT2D eigenvalue weighted by Gasteiger charge is -2.05. The molecule has 92 valence electrons. The van der Waals surface area contributed by atoms with E-state index >= 15 is 0 Å². The van der Waals surface area contributed by atoms with Crippen molar-refractivity contribution in [2.24, 2.45) is 0 Å². The van der Waals surface area contributed by atoms with Crippen molar-refractivity contribution in [2.75, 3.05) is 6.61 Å². The smallest absolute Gasteiger partial charge is 0.130 e. The molecule has 0 fully saturated rings. The molecule has 0 aromatic carbocycles. The normalized spacial score (nSPS) is 11.3. The molecular formula is C13H23NO2. The molecule has 0 aliphatic rings. The molecule has 0 aliphatic carbocycles. The van der Waals surface area contributed by atoms with Crippen LogP contribution >= 0.6 is 0 Å². The van der Waals surface area contributed by atoms with E-state index in [-0.39, 0.29) is 0 Å². The molecule has 0 amide bonds. The summed E-state index contributed by atoms with van der Waals surface area (Å²) in [5.41, 5.74) is 1.23. The Bertz CT molecular complexity index is 305. The van der Waals surface area contributed by atoms with Crippen LogP contribution in [0.3, 0.4) is 0 Å². The minimum Gasteiger partial charge on any atom is -0.464 e. The number of ether oxygens (including phenoxy) is 1. The van der Waals surface area contributed by atoms with Gasteiger partial charge in [0, 0.05) is 24.8 Å². The standard InChI is InChI=1S/C13H23NO2/c1-5-6-15-9-13-7-12(11(4)16-13)8-14-10(2)3/h7,10,14H,5-6,8-9H2,1-4H3. The molecule has 0 saturated carbocycles. The molecule has 1 heterocycles. The van der Waals surface area contributed by atoms with Gasteiger partial charge in [-0.3, -0.25) is 0 Å². The summed E-state index contributed by atoms with van der Waals surface area (Å²) in [6.07, 6.45) is 1.04. The second-order valence-electron chi connectivity index (χ2n) is 4.38. The number of furan rings is 1. The molecule has 1 N–H and O–H groups in total. The zero-order chi connectivity index (χ0) is 12.0. The first-order valence-electron chi connectivity index (χ1n) is 6.02. The van der Waals surface area contributed by atoms with Gasteiger partial charge >= 0.3 is 0 Å². The second-order valence-corrected chi connectivity index (χ2v) is 4.38. The summed E-state index contributed by atoms with van der Waals surface area (Å²) in [5, 5.41) is 3.38. The molecule has 0 aliphatic heterocycles. The van der Waals surface area contributed by atoms with E-state index < -0.39 is 0 Å². The van der Waals surface area contributed by atoms with E-state index in [0.29, 0.717) is 12.6 Å². The monoisotopic (exact) mass is 225 g/mol. The molecule has 1 aromatic rings. The van der Waals surface area contributed by atoms with Crippen LogP contribution < -0.4 is 5.32 Å². The third-order valence-electron chi connectivity index (χ3n) is 2.37. The number of rotatable bonds is 7. The zero-order valence-electron chi connectivity index (χ0n) is 10.8. The number of aryl methyl sites for hydroxylation is 1. The van der Waals surface area contributed by atoms with Crippen LogP contribution in [0.5, 0.6) is 0 Å². The van der Waals surface area contributed by atoms with E-state index in [1.54, 1.807) is 0 Å². The minimum absolute atomic E-state index is 0.495. The first kappa shape index (κ1) is 13.3. The Kier molecular flexibility index (Phi) is 5.56. The lowest BCUT2D eigenvalue weighted by Crippen LogP contribution is -2.21. The van der Waals surface area contributed by atoms with Gasteiger partial charge in [-0.2, -0.15) is 0 Å². The van der Waals surface area contributed by atoms with Crippen molar-refractivity contribution in [3.05, 3.63) is 23.2 Å². The van der Waals surface area contributed by atoms with Crippen molar-refractivity contribution < 1.29 is 9.15 Å². The average molecular weight is 225 g/mol. The quantitative estimate of drug-likeness (QED) is 0.724. The molecule has 1 rings (SSSR count). The maximum atomic E-state index is 5.63. The van der Waals surface area contributed by atoms with Gasteiger partial charge in [-0.15, -0.1) is 0 Å². The molecule has 3 nitrogen and oxygen atoms in total. The van der Waals surface area contributed by atoms with Crippen LogP contribution in [0.2, 0.25) is 0 Å². The van der Waals surface area contributed by atoms with E-state index in [4.69, 9.17) is 9.15 Å². The molecule has 0 radical (unpaired) electrons. The van der Waals surface area contributed by atoms with Gasteiger partial charge < -0.3 is 14.5 Å². The first-order valence-corrected chi connectivity index (χ1v) is 6.02. The summed E-state index contributed by atoms with van der Waals surface area (Å²) in [5.74, 6) is 1.91. The average Bonchev–Trinajstić information content (AvgIpc) is 2.57. The molecule has 0 unspecified atom stereocenters. The van der Waals surface area contributed by atoms with Crippen LogP contribution in [0.25, 0.3) is 0 Å². The van der Waals surface area contributed by atoms with Crippen LogP contribution in [0, 0.1) is 6.92 Å². The Morgan fingerprint density at radius 2 is 2.19 bits per heavy atom. The van der Waals surface area contributed by atoms with Crippen LogP contribution in [-0.2, 0) is 17.9 Å². The maximum absolute atomic E-state index is 5.63. The minimum atomic E-state index is 0.495.